The predicted octanol–water partition coefficient (Wildman–Crippen LogP) is 4.24. The normalized spacial score (nSPS) is 12.2. The molecule has 1 unspecified atom stereocenters. The van der Waals surface area contributed by atoms with Crippen LogP contribution in [0.15, 0.2) is 72.8 Å². The number of hydrogen-bond acceptors (Lipinski definition) is 2. The van der Waals surface area contributed by atoms with Crippen molar-refractivity contribution in [3.63, 3.8) is 0 Å². The Hall–Kier alpha value is -2.45. The number of hydrogen-bond donors (Lipinski definition) is 1. The Morgan fingerprint density at radius 2 is 1.61 bits per heavy atom. The van der Waals surface area contributed by atoms with E-state index in [0.29, 0.717) is 6.54 Å². The summed E-state index contributed by atoms with van der Waals surface area (Å²) in [6.45, 7) is 2.48. The first kappa shape index (κ1) is 15.4. The predicted molar refractivity (Wildman–Crippen MR) is 95.9 cm³/mol. The van der Waals surface area contributed by atoms with E-state index in [9.17, 15) is 4.79 Å². The number of benzene rings is 3. The van der Waals surface area contributed by atoms with E-state index in [0.717, 1.165) is 22.8 Å². The molecule has 3 aromatic carbocycles. The van der Waals surface area contributed by atoms with Gasteiger partial charge in [0.1, 0.15) is 0 Å². The molecule has 0 aromatic heterocycles. The summed E-state index contributed by atoms with van der Waals surface area (Å²) in [5, 5.41) is 5.60. The maximum atomic E-state index is 12.4. The van der Waals surface area contributed by atoms with E-state index in [4.69, 9.17) is 0 Å². The van der Waals surface area contributed by atoms with Crippen molar-refractivity contribution in [2.75, 3.05) is 6.54 Å². The minimum Gasteiger partial charge on any atom is -0.307 e. The Kier molecular flexibility index (Phi) is 4.84. The van der Waals surface area contributed by atoms with Crippen LogP contribution in [0.2, 0.25) is 0 Å². The lowest BCUT2D eigenvalue weighted by Crippen LogP contribution is -2.33. The van der Waals surface area contributed by atoms with Crippen LogP contribution in [0.1, 0.15) is 22.8 Å². The van der Waals surface area contributed by atoms with Gasteiger partial charge in [-0.2, -0.15) is 0 Å². The van der Waals surface area contributed by atoms with Gasteiger partial charge in [-0.3, -0.25) is 4.79 Å². The van der Waals surface area contributed by atoms with Gasteiger partial charge in [0.2, 0.25) is 0 Å². The summed E-state index contributed by atoms with van der Waals surface area (Å²) in [7, 11) is 0. The van der Waals surface area contributed by atoms with E-state index in [1.807, 2.05) is 54.6 Å². The number of nitrogens with one attached hydrogen (secondary N) is 1. The maximum Gasteiger partial charge on any atom is 0.176 e. The van der Waals surface area contributed by atoms with Crippen molar-refractivity contribution < 1.29 is 4.79 Å². The van der Waals surface area contributed by atoms with Gasteiger partial charge in [0, 0.05) is 11.6 Å². The van der Waals surface area contributed by atoms with Crippen LogP contribution in [0.3, 0.4) is 0 Å². The molecule has 0 fully saturated rings. The second-order valence-electron chi connectivity index (χ2n) is 5.96. The van der Waals surface area contributed by atoms with Crippen molar-refractivity contribution in [3.8, 4) is 0 Å². The number of fused-ring (bicyclic) bond motifs is 1. The first-order valence-corrected chi connectivity index (χ1v) is 8.02. The van der Waals surface area contributed by atoms with Gasteiger partial charge in [-0.1, -0.05) is 66.7 Å². The highest BCUT2D eigenvalue weighted by atomic mass is 16.1. The van der Waals surface area contributed by atoms with Gasteiger partial charge < -0.3 is 5.32 Å². The molecule has 0 amide bonds. The second kappa shape index (κ2) is 7.21. The van der Waals surface area contributed by atoms with E-state index < -0.39 is 0 Å². The molecule has 3 rings (SSSR count). The third-order valence-corrected chi connectivity index (χ3v) is 4.07. The van der Waals surface area contributed by atoms with Crippen molar-refractivity contribution >= 4 is 16.6 Å². The monoisotopic (exact) mass is 303 g/mol. The molecular weight excluding hydrogens is 282 g/mol. The molecule has 0 saturated carbocycles. The Balaban J connectivity index is 1.59. The summed E-state index contributed by atoms with van der Waals surface area (Å²) < 4.78 is 0. The molecule has 0 heterocycles. The summed E-state index contributed by atoms with van der Waals surface area (Å²) in [6.07, 6.45) is 0.922. The van der Waals surface area contributed by atoms with Crippen molar-refractivity contribution in [1.29, 1.82) is 0 Å². The molecule has 2 heteroatoms. The Morgan fingerprint density at radius 1 is 0.913 bits per heavy atom. The molecule has 3 aromatic rings. The van der Waals surface area contributed by atoms with Crippen LogP contribution in [0, 0.1) is 0 Å². The molecule has 2 nitrogen and oxygen atoms in total. The average Bonchev–Trinajstić information content (AvgIpc) is 2.60. The lowest BCUT2D eigenvalue weighted by atomic mass is 10.0. The van der Waals surface area contributed by atoms with Gasteiger partial charge in [0.25, 0.3) is 0 Å². The highest BCUT2D eigenvalue weighted by molar-refractivity contribution is 6.01. The third kappa shape index (κ3) is 4.05. The number of rotatable bonds is 6. The topological polar surface area (TPSA) is 29.1 Å². The van der Waals surface area contributed by atoms with E-state index in [-0.39, 0.29) is 11.8 Å². The Labute approximate surface area is 137 Å². The van der Waals surface area contributed by atoms with Crippen LogP contribution in [-0.2, 0) is 6.42 Å². The maximum absolute atomic E-state index is 12.4. The fourth-order valence-corrected chi connectivity index (χ4v) is 2.77. The molecule has 0 aliphatic rings. The molecule has 0 spiro atoms. The summed E-state index contributed by atoms with van der Waals surface area (Å²) in [4.78, 5) is 12.4. The number of carbonyl (C=O) groups is 1. The highest BCUT2D eigenvalue weighted by Crippen LogP contribution is 2.15. The zero-order valence-electron chi connectivity index (χ0n) is 13.3. The standard InChI is InChI=1S/C21H21NO/c1-16(13-17-7-3-2-4-8-17)22-15-21(23)20-12-11-18-9-5-6-10-19(18)14-20/h2-12,14,16,22H,13,15H2,1H3. The Morgan fingerprint density at radius 3 is 2.39 bits per heavy atom. The lowest BCUT2D eigenvalue weighted by Gasteiger charge is -2.13. The van der Waals surface area contributed by atoms with Gasteiger partial charge in [-0.15, -0.1) is 0 Å². The van der Waals surface area contributed by atoms with Gasteiger partial charge >= 0.3 is 0 Å². The SMILES string of the molecule is CC(Cc1ccccc1)NCC(=O)c1ccc2ccccc2c1. The summed E-state index contributed by atoms with van der Waals surface area (Å²) in [5.41, 5.74) is 2.05. The fraction of sp³-hybridized carbons (Fsp3) is 0.190. The summed E-state index contributed by atoms with van der Waals surface area (Å²) >= 11 is 0. The number of carbonyl (C=O) groups excluding carboxylic acids is 1. The molecule has 0 aliphatic heterocycles. The molecule has 1 atom stereocenters. The van der Waals surface area contributed by atoms with E-state index in [1.165, 1.54) is 5.56 Å². The third-order valence-electron chi connectivity index (χ3n) is 4.07. The first-order valence-electron chi connectivity index (χ1n) is 8.02. The van der Waals surface area contributed by atoms with Gasteiger partial charge in [-0.05, 0) is 35.7 Å². The molecule has 1 N–H and O–H groups in total. The molecular formula is C21H21NO. The van der Waals surface area contributed by atoms with Crippen molar-refractivity contribution in [3.05, 3.63) is 83.9 Å². The average molecular weight is 303 g/mol. The van der Waals surface area contributed by atoms with Gasteiger partial charge in [-0.25, -0.2) is 0 Å². The summed E-state index contributed by atoms with van der Waals surface area (Å²) in [6, 6.07) is 24.6. The molecule has 0 saturated heterocycles. The zero-order valence-corrected chi connectivity index (χ0v) is 13.3. The number of Topliss-reactive ketones (excluding diaryl/α,β-unsaturated/α-hetero) is 1. The quantitative estimate of drug-likeness (QED) is 0.690. The fourth-order valence-electron chi connectivity index (χ4n) is 2.77. The zero-order chi connectivity index (χ0) is 16.1. The minimum atomic E-state index is 0.135. The van der Waals surface area contributed by atoms with Crippen molar-refractivity contribution in [2.24, 2.45) is 0 Å². The smallest absolute Gasteiger partial charge is 0.176 e. The van der Waals surface area contributed by atoms with Crippen LogP contribution >= 0.6 is 0 Å². The van der Waals surface area contributed by atoms with Crippen molar-refractivity contribution in [2.45, 2.75) is 19.4 Å². The van der Waals surface area contributed by atoms with Crippen molar-refractivity contribution in [1.82, 2.24) is 5.32 Å². The van der Waals surface area contributed by atoms with Crippen LogP contribution in [0.4, 0.5) is 0 Å². The van der Waals surface area contributed by atoms with Gasteiger partial charge in [0.05, 0.1) is 6.54 Å². The molecule has 0 aliphatic carbocycles. The van der Waals surface area contributed by atoms with E-state index in [1.54, 1.807) is 0 Å². The van der Waals surface area contributed by atoms with Crippen LogP contribution in [0.25, 0.3) is 10.8 Å². The molecule has 0 bridgehead atoms. The Bertz CT molecular complexity index is 795. The number of ketones is 1. The van der Waals surface area contributed by atoms with E-state index >= 15 is 0 Å². The van der Waals surface area contributed by atoms with Crippen LogP contribution in [0.5, 0.6) is 0 Å². The molecule has 116 valence electrons. The van der Waals surface area contributed by atoms with Gasteiger partial charge in [0.15, 0.2) is 5.78 Å². The second-order valence-corrected chi connectivity index (χ2v) is 5.96. The highest BCUT2D eigenvalue weighted by Gasteiger charge is 2.09. The minimum absolute atomic E-state index is 0.135. The first-order chi connectivity index (χ1) is 11.2. The molecule has 23 heavy (non-hydrogen) atoms. The van der Waals surface area contributed by atoms with E-state index in [2.05, 4.69) is 30.4 Å². The van der Waals surface area contributed by atoms with Crippen LogP contribution in [-0.4, -0.2) is 18.4 Å². The summed E-state index contributed by atoms with van der Waals surface area (Å²) in [5.74, 6) is 0.135. The largest absolute Gasteiger partial charge is 0.307 e. The van der Waals surface area contributed by atoms with Crippen LogP contribution < -0.4 is 5.32 Å². The molecule has 0 radical (unpaired) electrons. The lowest BCUT2D eigenvalue weighted by molar-refractivity contribution is 0.0988.